The van der Waals surface area contributed by atoms with Gasteiger partial charge >= 0.3 is 0 Å². The van der Waals surface area contributed by atoms with E-state index >= 15 is 0 Å². The van der Waals surface area contributed by atoms with Crippen molar-refractivity contribution in [3.8, 4) is 0 Å². The molecular formula is C15H18N2O2. The van der Waals surface area contributed by atoms with Gasteiger partial charge in [0.25, 0.3) is 0 Å². The fourth-order valence-corrected chi connectivity index (χ4v) is 2.17. The highest BCUT2D eigenvalue weighted by Crippen LogP contribution is 2.19. The van der Waals surface area contributed by atoms with E-state index in [9.17, 15) is 9.59 Å². The Hall–Kier alpha value is -2.10. The van der Waals surface area contributed by atoms with Gasteiger partial charge in [0, 0.05) is 25.1 Å². The number of benzene rings is 1. The van der Waals surface area contributed by atoms with E-state index in [-0.39, 0.29) is 24.3 Å². The van der Waals surface area contributed by atoms with Gasteiger partial charge in [-0.15, -0.1) is 0 Å². The molecule has 100 valence electrons. The third-order valence-electron chi connectivity index (χ3n) is 3.25. The normalized spacial score (nSPS) is 17.9. The molecule has 0 aromatic heterocycles. The minimum Gasteiger partial charge on any atom is -0.398 e. The number of hydrogen-bond acceptors (Lipinski definition) is 3. The van der Waals surface area contributed by atoms with Gasteiger partial charge < -0.3 is 5.73 Å². The van der Waals surface area contributed by atoms with Crippen LogP contribution >= 0.6 is 0 Å². The molecule has 0 saturated carbocycles. The molecule has 19 heavy (non-hydrogen) atoms. The summed E-state index contributed by atoms with van der Waals surface area (Å²) in [5.41, 5.74) is 7.42. The Morgan fingerprint density at radius 2 is 1.84 bits per heavy atom. The molecule has 1 aromatic rings. The van der Waals surface area contributed by atoms with E-state index in [2.05, 4.69) is 0 Å². The highest BCUT2D eigenvalue weighted by molar-refractivity contribution is 5.98. The zero-order chi connectivity index (χ0) is 13.8. The molecular weight excluding hydrogens is 240 g/mol. The van der Waals surface area contributed by atoms with Crippen molar-refractivity contribution in [2.75, 3.05) is 6.54 Å². The Bertz CT molecular complexity index is 490. The molecule has 0 atom stereocenters. The van der Waals surface area contributed by atoms with Crippen LogP contribution < -0.4 is 5.73 Å². The Morgan fingerprint density at radius 1 is 1.26 bits per heavy atom. The third kappa shape index (κ3) is 3.22. The lowest BCUT2D eigenvalue weighted by atomic mass is 9.98. The van der Waals surface area contributed by atoms with Gasteiger partial charge in [0.05, 0.1) is 0 Å². The molecule has 4 heteroatoms. The van der Waals surface area contributed by atoms with Crippen LogP contribution in [0.4, 0.5) is 0 Å². The summed E-state index contributed by atoms with van der Waals surface area (Å²) in [7, 11) is 0. The molecule has 0 spiro atoms. The van der Waals surface area contributed by atoms with Gasteiger partial charge in [0.1, 0.15) is 0 Å². The van der Waals surface area contributed by atoms with Gasteiger partial charge in [-0.25, -0.2) is 0 Å². The van der Waals surface area contributed by atoms with E-state index in [0.29, 0.717) is 18.5 Å². The molecule has 1 saturated heterocycles. The number of imide groups is 1. The highest BCUT2D eigenvalue weighted by atomic mass is 16.2. The summed E-state index contributed by atoms with van der Waals surface area (Å²) in [6.07, 6.45) is 2.59. The van der Waals surface area contributed by atoms with Crippen molar-refractivity contribution in [1.29, 1.82) is 0 Å². The van der Waals surface area contributed by atoms with Crippen LogP contribution in [0.25, 0.3) is 5.70 Å². The summed E-state index contributed by atoms with van der Waals surface area (Å²) >= 11 is 0. The average Bonchev–Trinajstić information content (AvgIpc) is 2.38. The predicted molar refractivity (Wildman–Crippen MR) is 73.7 cm³/mol. The number of amides is 2. The first-order valence-corrected chi connectivity index (χ1v) is 6.42. The van der Waals surface area contributed by atoms with Crippen molar-refractivity contribution in [3.05, 3.63) is 42.0 Å². The molecule has 0 unspecified atom stereocenters. The number of nitrogens with zero attached hydrogens (tertiary/aromatic N) is 1. The van der Waals surface area contributed by atoms with Crippen LogP contribution in [0, 0.1) is 5.92 Å². The van der Waals surface area contributed by atoms with Crippen molar-refractivity contribution < 1.29 is 9.59 Å². The Kier molecular flexibility index (Phi) is 4.00. The highest BCUT2D eigenvalue weighted by Gasteiger charge is 2.29. The molecule has 2 amide bonds. The van der Waals surface area contributed by atoms with Crippen molar-refractivity contribution in [2.24, 2.45) is 11.7 Å². The number of rotatable bonds is 3. The SMILES string of the molecule is CC1CC(=O)N(CC=C(N)c2ccccc2)C(=O)C1. The number of nitrogens with two attached hydrogens (primary N) is 1. The minimum atomic E-state index is -0.110. The standard InChI is InChI=1S/C15H18N2O2/c1-11-9-14(18)17(15(19)10-11)8-7-13(16)12-5-3-2-4-6-12/h2-7,11H,8-10,16H2,1H3. The smallest absolute Gasteiger partial charge is 0.229 e. The molecule has 4 nitrogen and oxygen atoms in total. The first-order valence-electron chi connectivity index (χ1n) is 6.42. The van der Waals surface area contributed by atoms with Crippen molar-refractivity contribution in [3.63, 3.8) is 0 Å². The van der Waals surface area contributed by atoms with Crippen LogP contribution in [-0.4, -0.2) is 23.3 Å². The van der Waals surface area contributed by atoms with E-state index in [0.717, 1.165) is 5.56 Å². The minimum absolute atomic E-state index is 0.110. The van der Waals surface area contributed by atoms with E-state index in [1.165, 1.54) is 4.90 Å². The van der Waals surface area contributed by atoms with E-state index in [1.807, 2.05) is 37.3 Å². The van der Waals surface area contributed by atoms with Crippen molar-refractivity contribution >= 4 is 17.5 Å². The molecule has 1 aliphatic rings. The fraction of sp³-hybridized carbons (Fsp3) is 0.333. The monoisotopic (exact) mass is 258 g/mol. The van der Waals surface area contributed by atoms with E-state index in [4.69, 9.17) is 5.73 Å². The van der Waals surface area contributed by atoms with E-state index < -0.39 is 0 Å². The van der Waals surface area contributed by atoms with Gasteiger partial charge in [0.2, 0.25) is 11.8 Å². The summed E-state index contributed by atoms with van der Waals surface area (Å²) in [6, 6.07) is 9.50. The van der Waals surface area contributed by atoms with Gasteiger partial charge in [-0.3, -0.25) is 14.5 Å². The van der Waals surface area contributed by atoms with Gasteiger partial charge in [0.15, 0.2) is 0 Å². The number of carbonyl (C=O) groups excluding carboxylic acids is 2. The Labute approximate surface area is 112 Å². The van der Waals surface area contributed by atoms with Crippen LogP contribution in [0.5, 0.6) is 0 Å². The van der Waals surface area contributed by atoms with Crippen molar-refractivity contribution in [1.82, 2.24) is 4.90 Å². The average molecular weight is 258 g/mol. The second kappa shape index (κ2) is 5.69. The van der Waals surface area contributed by atoms with Crippen LogP contribution in [0.2, 0.25) is 0 Å². The summed E-state index contributed by atoms with van der Waals surface area (Å²) in [6.45, 7) is 2.17. The van der Waals surface area contributed by atoms with Crippen LogP contribution in [0.3, 0.4) is 0 Å². The fourth-order valence-electron chi connectivity index (χ4n) is 2.17. The summed E-state index contributed by atoms with van der Waals surface area (Å²) < 4.78 is 0. The Morgan fingerprint density at radius 3 is 2.42 bits per heavy atom. The maximum atomic E-state index is 11.8. The molecule has 0 bridgehead atoms. The van der Waals surface area contributed by atoms with Gasteiger partial charge in [-0.2, -0.15) is 0 Å². The second-order valence-corrected chi connectivity index (χ2v) is 4.94. The molecule has 1 fully saturated rings. The van der Waals surface area contributed by atoms with E-state index in [1.54, 1.807) is 6.08 Å². The molecule has 0 radical (unpaired) electrons. The lowest BCUT2D eigenvalue weighted by molar-refractivity contribution is -0.148. The quantitative estimate of drug-likeness (QED) is 0.840. The number of hydrogen-bond donors (Lipinski definition) is 1. The largest absolute Gasteiger partial charge is 0.398 e. The summed E-state index contributed by atoms with van der Waals surface area (Å²) in [5.74, 6) is -0.0755. The number of carbonyl (C=O) groups is 2. The van der Waals surface area contributed by atoms with Crippen LogP contribution in [0.1, 0.15) is 25.3 Å². The maximum absolute atomic E-state index is 11.8. The summed E-state index contributed by atoms with van der Waals surface area (Å²) in [4.78, 5) is 24.9. The Balaban J connectivity index is 2.05. The van der Waals surface area contributed by atoms with Gasteiger partial charge in [-0.05, 0) is 17.6 Å². The molecule has 2 N–H and O–H groups in total. The lowest BCUT2D eigenvalue weighted by Gasteiger charge is -2.27. The zero-order valence-electron chi connectivity index (χ0n) is 11.0. The predicted octanol–water partition coefficient (Wildman–Crippen LogP) is 1.77. The van der Waals surface area contributed by atoms with Gasteiger partial charge in [-0.1, -0.05) is 37.3 Å². The molecule has 1 heterocycles. The second-order valence-electron chi connectivity index (χ2n) is 4.94. The lowest BCUT2D eigenvalue weighted by Crippen LogP contribution is -2.42. The van der Waals surface area contributed by atoms with Crippen LogP contribution in [-0.2, 0) is 9.59 Å². The number of likely N-dealkylation sites (tertiary alicyclic amines) is 1. The maximum Gasteiger partial charge on any atom is 0.229 e. The van der Waals surface area contributed by atoms with Crippen LogP contribution in [0.15, 0.2) is 36.4 Å². The molecule has 0 aliphatic carbocycles. The van der Waals surface area contributed by atoms with Crippen molar-refractivity contribution in [2.45, 2.75) is 19.8 Å². The third-order valence-corrected chi connectivity index (χ3v) is 3.25. The molecule has 1 aliphatic heterocycles. The summed E-state index contributed by atoms with van der Waals surface area (Å²) in [5, 5.41) is 0. The number of piperidine rings is 1. The molecule has 1 aromatic carbocycles. The zero-order valence-corrected chi connectivity index (χ0v) is 11.0. The molecule has 2 rings (SSSR count). The first-order chi connectivity index (χ1) is 9.08. The first kappa shape index (κ1) is 13.3. The topological polar surface area (TPSA) is 63.4 Å².